The predicted octanol–water partition coefficient (Wildman–Crippen LogP) is 4.91. The summed E-state index contributed by atoms with van der Waals surface area (Å²) in [4.78, 5) is 0. The molecule has 102 valence electrons. The van der Waals surface area contributed by atoms with Crippen LogP contribution in [0.1, 0.15) is 17.4 Å². The van der Waals surface area contributed by atoms with Crippen LogP contribution in [0.4, 0.5) is 4.39 Å². The van der Waals surface area contributed by atoms with Crippen molar-refractivity contribution >= 4 is 45.2 Å². The molecule has 1 atom stereocenters. The molecule has 0 spiro atoms. The van der Waals surface area contributed by atoms with Gasteiger partial charge < -0.3 is 9.52 Å². The second-order valence-corrected chi connectivity index (χ2v) is 5.97. The fourth-order valence-corrected chi connectivity index (χ4v) is 2.87. The lowest BCUT2D eigenvalue weighted by molar-refractivity contribution is 0.191. The molecule has 0 saturated carbocycles. The number of benzene rings is 2. The maximum Gasteiger partial charge on any atom is 0.170 e. The van der Waals surface area contributed by atoms with Gasteiger partial charge >= 0.3 is 0 Å². The summed E-state index contributed by atoms with van der Waals surface area (Å²) >= 11 is 8.06. The Kier molecular flexibility index (Phi) is 3.70. The number of para-hydroxylation sites is 1. The molecule has 3 aromatic rings. The predicted molar refractivity (Wildman–Crippen MR) is 84.4 cm³/mol. The zero-order valence-electron chi connectivity index (χ0n) is 10.1. The first kappa shape index (κ1) is 13.9. The number of hydrogen-bond acceptors (Lipinski definition) is 2. The first-order valence-electron chi connectivity index (χ1n) is 5.87. The van der Waals surface area contributed by atoms with Crippen LogP contribution in [0.5, 0.6) is 0 Å². The van der Waals surface area contributed by atoms with E-state index in [1.165, 1.54) is 6.07 Å². The van der Waals surface area contributed by atoms with Crippen molar-refractivity contribution in [3.63, 3.8) is 0 Å². The molecule has 1 heterocycles. The highest BCUT2D eigenvalue weighted by atomic mass is 127. The summed E-state index contributed by atoms with van der Waals surface area (Å²) in [5.41, 5.74) is 0.788. The summed E-state index contributed by atoms with van der Waals surface area (Å²) < 4.78 is 19.9. The quantitative estimate of drug-likeness (QED) is 0.618. The van der Waals surface area contributed by atoms with Gasteiger partial charge in [-0.15, -0.1) is 0 Å². The molecule has 1 unspecified atom stereocenters. The number of aliphatic hydroxyl groups is 1. The second-order valence-electron chi connectivity index (χ2n) is 4.38. The van der Waals surface area contributed by atoms with E-state index in [4.69, 9.17) is 16.0 Å². The van der Waals surface area contributed by atoms with Crippen LogP contribution in [-0.2, 0) is 0 Å². The molecule has 0 fully saturated rings. The number of hydrogen-bond donors (Lipinski definition) is 1. The Morgan fingerprint density at radius 2 is 2.00 bits per heavy atom. The van der Waals surface area contributed by atoms with Crippen LogP contribution >= 0.6 is 34.2 Å². The summed E-state index contributed by atoms with van der Waals surface area (Å²) in [6, 6.07) is 11.5. The van der Waals surface area contributed by atoms with Crippen molar-refractivity contribution in [2.45, 2.75) is 6.10 Å². The van der Waals surface area contributed by atoms with E-state index >= 15 is 0 Å². The molecule has 3 rings (SSSR count). The third-order valence-electron chi connectivity index (χ3n) is 3.04. The zero-order valence-corrected chi connectivity index (χ0v) is 13.0. The SMILES string of the molecule is OC(c1cc2cccc(F)c2o1)c1cc(Cl)ccc1I. The summed E-state index contributed by atoms with van der Waals surface area (Å²) in [6.45, 7) is 0. The standard InChI is InChI=1S/C15H9ClFIO2/c16-9-4-5-12(18)10(7-9)14(19)13-6-8-2-1-3-11(17)15(8)20-13/h1-7,14,19H. The highest BCUT2D eigenvalue weighted by molar-refractivity contribution is 14.1. The van der Waals surface area contributed by atoms with Crippen molar-refractivity contribution in [2.24, 2.45) is 0 Å². The van der Waals surface area contributed by atoms with Gasteiger partial charge in [0.15, 0.2) is 11.4 Å². The molecule has 0 radical (unpaired) electrons. The minimum Gasteiger partial charge on any atom is -0.455 e. The molecule has 2 nitrogen and oxygen atoms in total. The number of aliphatic hydroxyl groups excluding tert-OH is 1. The van der Waals surface area contributed by atoms with E-state index < -0.39 is 11.9 Å². The van der Waals surface area contributed by atoms with Crippen LogP contribution in [-0.4, -0.2) is 5.11 Å². The first-order chi connectivity index (χ1) is 9.56. The van der Waals surface area contributed by atoms with Crippen molar-refractivity contribution in [3.05, 3.63) is 68.2 Å². The van der Waals surface area contributed by atoms with Crippen molar-refractivity contribution in [3.8, 4) is 0 Å². The highest BCUT2D eigenvalue weighted by Gasteiger charge is 2.19. The van der Waals surface area contributed by atoms with Gasteiger partial charge in [-0.25, -0.2) is 4.39 Å². The summed E-state index contributed by atoms with van der Waals surface area (Å²) in [7, 11) is 0. The Morgan fingerprint density at radius 3 is 2.75 bits per heavy atom. The van der Waals surface area contributed by atoms with Gasteiger partial charge in [0.05, 0.1) is 0 Å². The lowest BCUT2D eigenvalue weighted by Crippen LogP contribution is -2.00. The van der Waals surface area contributed by atoms with Crippen LogP contribution < -0.4 is 0 Å². The Morgan fingerprint density at radius 1 is 1.20 bits per heavy atom. The normalized spacial score (nSPS) is 12.8. The van der Waals surface area contributed by atoms with Crippen LogP contribution in [0.15, 0.2) is 46.9 Å². The Balaban J connectivity index is 2.10. The van der Waals surface area contributed by atoms with Crippen molar-refractivity contribution in [1.29, 1.82) is 0 Å². The molecule has 0 amide bonds. The number of fused-ring (bicyclic) bond motifs is 1. The van der Waals surface area contributed by atoms with Gasteiger partial charge in [-0.1, -0.05) is 23.7 Å². The van der Waals surface area contributed by atoms with Gasteiger partial charge in [0.2, 0.25) is 0 Å². The summed E-state index contributed by atoms with van der Waals surface area (Å²) in [5.74, 6) is -0.146. The van der Waals surface area contributed by atoms with Crippen LogP contribution in [0.25, 0.3) is 11.0 Å². The maximum atomic E-state index is 13.6. The van der Waals surface area contributed by atoms with Crippen molar-refractivity contribution < 1.29 is 13.9 Å². The monoisotopic (exact) mass is 402 g/mol. The molecule has 0 bridgehead atoms. The molecule has 2 aromatic carbocycles. The summed E-state index contributed by atoms with van der Waals surface area (Å²) in [5, 5.41) is 11.6. The Labute approximate surface area is 133 Å². The molecule has 0 aliphatic carbocycles. The van der Waals surface area contributed by atoms with Crippen LogP contribution in [0, 0.1) is 9.39 Å². The lowest BCUT2D eigenvalue weighted by atomic mass is 10.1. The maximum absolute atomic E-state index is 13.6. The van der Waals surface area contributed by atoms with E-state index in [2.05, 4.69) is 22.6 Å². The van der Waals surface area contributed by atoms with Crippen LogP contribution in [0.2, 0.25) is 5.02 Å². The molecule has 0 aliphatic rings. The Bertz CT molecular complexity index is 785. The first-order valence-corrected chi connectivity index (χ1v) is 7.33. The molecule has 0 aliphatic heterocycles. The fraction of sp³-hybridized carbons (Fsp3) is 0.0667. The van der Waals surface area contributed by atoms with E-state index in [0.717, 1.165) is 3.57 Å². The lowest BCUT2D eigenvalue weighted by Gasteiger charge is -2.10. The molecule has 1 aromatic heterocycles. The minimum absolute atomic E-state index is 0.151. The number of furan rings is 1. The zero-order chi connectivity index (χ0) is 14.3. The molecule has 1 N–H and O–H groups in total. The summed E-state index contributed by atoms with van der Waals surface area (Å²) in [6.07, 6.45) is -0.979. The van der Waals surface area contributed by atoms with Gasteiger partial charge in [-0.05, 0) is 52.9 Å². The fourth-order valence-electron chi connectivity index (χ4n) is 2.06. The molecule has 0 saturated heterocycles. The van der Waals surface area contributed by atoms with E-state index in [1.54, 1.807) is 30.3 Å². The van der Waals surface area contributed by atoms with E-state index in [9.17, 15) is 9.50 Å². The van der Waals surface area contributed by atoms with Gasteiger partial charge in [-0.3, -0.25) is 0 Å². The molecule has 5 heteroatoms. The van der Waals surface area contributed by atoms with Gasteiger partial charge in [0, 0.05) is 19.5 Å². The van der Waals surface area contributed by atoms with Crippen molar-refractivity contribution in [1.82, 2.24) is 0 Å². The molecule has 20 heavy (non-hydrogen) atoms. The molecular formula is C15H9ClFIO2. The minimum atomic E-state index is -0.979. The number of rotatable bonds is 2. The number of halogens is 3. The van der Waals surface area contributed by atoms with Crippen molar-refractivity contribution in [2.75, 3.05) is 0 Å². The average Bonchev–Trinajstić information content (AvgIpc) is 2.86. The van der Waals surface area contributed by atoms with Gasteiger partial charge in [0.1, 0.15) is 11.9 Å². The van der Waals surface area contributed by atoms with Crippen LogP contribution in [0.3, 0.4) is 0 Å². The smallest absolute Gasteiger partial charge is 0.170 e. The second kappa shape index (κ2) is 5.35. The topological polar surface area (TPSA) is 33.4 Å². The van der Waals surface area contributed by atoms with Gasteiger partial charge in [-0.2, -0.15) is 0 Å². The van der Waals surface area contributed by atoms with E-state index in [1.807, 2.05) is 6.07 Å². The highest BCUT2D eigenvalue weighted by Crippen LogP contribution is 2.32. The van der Waals surface area contributed by atoms with Gasteiger partial charge in [0.25, 0.3) is 0 Å². The third-order valence-corrected chi connectivity index (χ3v) is 4.25. The Hall–Kier alpha value is -1.11. The third kappa shape index (κ3) is 2.43. The van der Waals surface area contributed by atoms with E-state index in [0.29, 0.717) is 21.7 Å². The largest absolute Gasteiger partial charge is 0.455 e. The van der Waals surface area contributed by atoms with E-state index in [-0.39, 0.29) is 5.58 Å². The molecular weight excluding hydrogens is 394 g/mol. The average molecular weight is 403 g/mol.